The van der Waals surface area contributed by atoms with Crippen molar-refractivity contribution in [1.29, 1.82) is 0 Å². The van der Waals surface area contributed by atoms with Crippen LogP contribution in [0.25, 0.3) is 82.7 Å². The summed E-state index contributed by atoms with van der Waals surface area (Å²) in [6.45, 7) is 0. The Balaban J connectivity index is 1.12. The summed E-state index contributed by atoms with van der Waals surface area (Å²) >= 11 is 0. The molecule has 57 heavy (non-hydrogen) atoms. The van der Waals surface area contributed by atoms with E-state index in [0.717, 1.165) is 94.7 Å². The molecule has 0 amide bonds. The maximum atomic E-state index is 6.85. The second-order valence-corrected chi connectivity index (χ2v) is 14.7. The summed E-state index contributed by atoms with van der Waals surface area (Å²) in [5.74, 6) is 0.719. The monoisotopic (exact) mass is 731 g/mol. The van der Waals surface area contributed by atoms with E-state index >= 15 is 0 Å². The first kappa shape index (κ1) is 31.7. The molecule has 11 aromatic rings. The number of furan rings is 2. The molecule has 0 bridgehead atoms. The molecule has 0 aliphatic carbocycles. The van der Waals surface area contributed by atoms with Gasteiger partial charge < -0.3 is 18.7 Å². The summed E-state index contributed by atoms with van der Waals surface area (Å²) in [6, 6.07) is 66.0. The molecule has 5 nitrogen and oxygen atoms in total. The number of aliphatic imine (C=N–C) groups is 1. The van der Waals surface area contributed by atoms with Crippen LogP contribution in [0.15, 0.2) is 202 Å². The first-order valence-corrected chi connectivity index (χ1v) is 19.3. The normalized spacial score (nSPS) is 14.0. The SMILES string of the molecule is c1ccc(-c2cc(-c3ccccc3)c3oc4cccc(C5=NC(c6ccc7c8ccccc8n(-c8ccccc8)c7c6)Nc6c5oc5ccccc65)c4c3c2)cc1. The Morgan fingerprint density at radius 1 is 0.474 bits per heavy atom. The predicted molar refractivity (Wildman–Crippen MR) is 234 cm³/mol. The van der Waals surface area contributed by atoms with Crippen molar-refractivity contribution < 1.29 is 8.83 Å². The molecule has 0 fully saturated rings. The van der Waals surface area contributed by atoms with Crippen LogP contribution in [-0.2, 0) is 0 Å². The van der Waals surface area contributed by atoms with Gasteiger partial charge in [0.2, 0.25) is 0 Å². The van der Waals surface area contributed by atoms with Gasteiger partial charge in [-0.1, -0.05) is 133 Å². The van der Waals surface area contributed by atoms with E-state index in [1.807, 2.05) is 18.2 Å². The van der Waals surface area contributed by atoms with Gasteiger partial charge in [-0.15, -0.1) is 0 Å². The molecule has 1 aliphatic rings. The molecule has 1 atom stereocenters. The van der Waals surface area contributed by atoms with Gasteiger partial charge in [0.15, 0.2) is 5.76 Å². The molecule has 1 unspecified atom stereocenters. The van der Waals surface area contributed by atoms with Crippen LogP contribution in [0.2, 0.25) is 0 Å². The molecule has 0 spiro atoms. The number of anilines is 1. The number of benzene rings is 8. The van der Waals surface area contributed by atoms with Crippen molar-refractivity contribution in [2.24, 2.45) is 4.99 Å². The lowest BCUT2D eigenvalue weighted by Crippen LogP contribution is -2.19. The van der Waals surface area contributed by atoms with Crippen LogP contribution in [0, 0.1) is 0 Å². The van der Waals surface area contributed by atoms with Gasteiger partial charge in [0, 0.05) is 43.7 Å². The maximum Gasteiger partial charge on any atom is 0.177 e. The van der Waals surface area contributed by atoms with Crippen molar-refractivity contribution in [2.75, 3.05) is 5.32 Å². The van der Waals surface area contributed by atoms with E-state index in [4.69, 9.17) is 13.8 Å². The van der Waals surface area contributed by atoms with Gasteiger partial charge in [-0.25, -0.2) is 0 Å². The second kappa shape index (κ2) is 12.4. The molecule has 0 saturated carbocycles. The van der Waals surface area contributed by atoms with Crippen LogP contribution in [-0.4, -0.2) is 10.3 Å². The number of fused-ring (bicyclic) bond motifs is 9. The standard InChI is InChI=1S/C52H33N3O2/c1-4-15-32(16-5-1)35-29-41(33-17-6-2-7-18-33)50-42(30-35)47-40(23-14-26-46(47)57-50)49-51-48(39-22-11-13-25-45(39)56-51)53-52(54-49)34-27-28-38-37-21-10-12-24-43(37)55(44(38)31-34)36-19-8-3-9-20-36/h1-31,52-53H. The first-order chi connectivity index (χ1) is 28.3. The minimum atomic E-state index is -0.395. The van der Waals surface area contributed by atoms with Crippen molar-refractivity contribution in [3.8, 4) is 27.9 Å². The van der Waals surface area contributed by atoms with Gasteiger partial charge in [0.25, 0.3) is 0 Å². The number of para-hydroxylation sites is 3. The molecule has 0 saturated heterocycles. The molecular weight excluding hydrogens is 699 g/mol. The Labute approximate surface area is 327 Å². The zero-order valence-corrected chi connectivity index (χ0v) is 30.7. The van der Waals surface area contributed by atoms with E-state index in [9.17, 15) is 0 Å². The Morgan fingerprint density at radius 3 is 1.98 bits per heavy atom. The molecule has 1 N–H and O–H groups in total. The smallest absolute Gasteiger partial charge is 0.177 e. The first-order valence-electron chi connectivity index (χ1n) is 19.3. The number of rotatable bonds is 5. The Morgan fingerprint density at radius 2 is 1.16 bits per heavy atom. The van der Waals surface area contributed by atoms with E-state index in [0.29, 0.717) is 0 Å². The van der Waals surface area contributed by atoms with Crippen molar-refractivity contribution >= 4 is 66.1 Å². The van der Waals surface area contributed by atoms with Gasteiger partial charge in [0.1, 0.15) is 28.6 Å². The Kier molecular flexibility index (Phi) is 6.92. The summed E-state index contributed by atoms with van der Waals surface area (Å²) in [5, 5.41) is 9.30. The van der Waals surface area contributed by atoms with Crippen LogP contribution < -0.4 is 5.32 Å². The van der Waals surface area contributed by atoms with Crippen LogP contribution >= 0.6 is 0 Å². The maximum absolute atomic E-state index is 6.85. The average molecular weight is 732 g/mol. The summed E-state index contributed by atoms with van der Waals surface area (Å²) in [5.41, 5.74) is 14.0. The average Bonchev–Trinajstić information content (AvgIpc) is 3.96. The van der Waals surface area contributed by atoms with Crippen molar-refractivity contribution in [1.82, 2.24) is 4.57 Å². The number of nitrogens with zero attached hydrogens (tertiary/aromatic N) is 2. The summed E-state index contributed by atoms with van der Waals surface area (Å²) in [6.07, 6.45) is -0.395. The molecule has 12 rings (SSSR count). The Bertz CT molecular complexity index is 3370. The van der Waals surface area contributed by atoms with Crippen LogP contribution in [0.4, 0.5) is 5.69 Å². The third-order valence-electron chi connectivity index (χ3n) is 11.4. The highest BCUT2D eigenvalue weighted by molar-refractivity contribution is 6.27. The number of hydrogen-bond donors (Lipinski definition) is 1. The zero-order chi connectivity index (χ0) is 37.5. The van der Waals surface area contributed by atoms with E-state index in [1.54, 1.807) is 0 Å². The van der Waals surface area contributed by atoms with Gasteiger partial charge in [-0.2, -0.15) is 0 Å². The lowest BCUT2D eigenvalue weighted by Gasteiger charge is -2.24. The van der Waals surface area contributed by atoms with Crippen LogP contribution in [0.1, 0.15) is 23.1 Å². The van der Waals surface area contributed by atoms with Crippen molar-refractivity contribution in [3.63, 3.8) is 0 Å². The van der Waals surface area contributed by atoms with E-state index in [1.165, 1.54) is 16.3 Å². The van der Waals surface area contributed by atoms with Gasteiger partial charge in [-0.3, -0.25) is 4.99 Å². The lowest BCUT2D eigenvalue weighted by molar-refractivity contribution is 0.599. The van der Waals surface area contributed by atoms with Gasteiger partial charge >= 0.3 is 0 Å². The van der Waals surface area contributed by atoms with Crippen molar-refractivity contribution in [3.05, 3.63) is 205 Å². The van der Waals surface area contributed by atoms with Crippen molar-refractivity contribution in [2.45, 2.75) is 6.17 Å². The Hall–Kier alpha value is -7.63. The summed E-state index contributed by atoms with van der Waals surface area (Å²) in [4.78, 5) is 5.58. The van der Waals surface area contributed by atoms with Crippen LogP contribution in [0.3, 0.4) is 0 Å². The fourth-order valence-corrected chi connectivity index (χ4v) is 8.83. The molecular formula is C52H33N3O2. The largest absolute Gasteiger partial charge is 0.455 e. The molecule has 1 aliphatic heterocycles. The van der Waals surface area contributed by atoms with Crippen LogP contribution in [0.5, 0.6) is 0 Å². The van der Waals surface area contributed by atoms with E-state index < -0.39 is 6.17 Å². The highest BCUT2D eigenvalue weighted by Crippen LogP contribution is 2.45. The fraction of sp³-hybridized carbons (Fsp3) is 0.0192. The molecule has 3 aromatic heterocycles. The lowest BCUT2D eigenvalue weighted by atomic mass is 9.93. The number of nitrogens with one attached hydrogen (secondary N) is 1. The number of hydrogen-bond acceptors (Lipinski definition) is 4. The molecule has 268 valence electrons. The second-order valence-electron chi connectivity index (χ2n) is 14.7. The zero-order valence-electron chi connectivity index (χ0n) is 30.7. The third kappa shape index (κ3) is 4.92. The molecule has 4 heterocycles. The highest BCUT2D eigenvalue weighted by Gasteiger charge is 2.31. The predicted octanol–water partition coefficient (Wildman–Crippen LogP) is 13.7. The third-order valence-corrected chi connectivity index (χ3v) is 11.4. The summed E-state index contributed by atoms with van der Waals surface area (Å²) < 4.78 is 15.9. The number of aromatic nitrogens is 1. The molecule has 8 aromatic carbocycles. The van der Waals surface area contributed by atoms with Gasteiger partial charge in [-0.05, 0) is 76.9 Å². The fourth-order valence-electron chi connectivity index (χ4n) is 8.83. The minimum Gasteiger partial charge on any atom is -0.455 e. The quantitative estimate of drug-likeness (QED) is 0.192. The highest BCUT2D eigenvalue weighted by atomic mass is 16.3. The minimum absolute atomic E-state index is 0.395. The van der Waals surface area contributed by atoms with E-state index in [2.05, 4.69) is 180 Å². The molecule has 0 radical (unpaired) electrons. The topological polar surface area (TPSA) is 55.6 Å². The summed E-state index contributed by atoms with van der Waals surface area (Å²) in [7, 11) is 0. The molecule has 5 heteroatoms. The van der Waals surface area contributed by atoms with Gasteiger partial charge in [0.05, 0.1) is 16.7 Å². The van der Waals surface area contributed by atoms with E-state index in [-0.39, 0.29) is 0 Å².